The van der Waals surface area contributed by atoms with Crippen LogP contribution < -0.4 is 5.32 Å². The van der Waals surface area contributed by atoms with Gasteiger partial charge in [0, 0.05) is 12.4 Å². The predicted octanol–water partition coefficient (Wildman–Crippen LogP) is 2.57. The average Bonchev–Trinajstić information content (AvgIpc) is 2.79. The van der Waals surface area contributed by atoms with Crippen LogP contribution in [0.5, 0.6) is 0 Å². The summed E-state index contributed by atoms with van der Waals surface area (Å²) in [6, 6.07) is 5.64. The molecule has 4 heteroatoms. The van der Waals surface area contributed by atoms with Crippen LogP contribution in [0, 0.1) is 12.3 Å². The number of hydrogen-bond donors (Lipinski definition) is 1. The highest BCUT2D eigenvalue weighted by Crippen LogP contribution is 2.28. The monoisotopic (exact) mass is 231 g/mol. The second-order valence-corrected chi connectivity index (χ2v) is 3.57. The van der Waals surface area contributed by atoms with Crippen LogP contribution in [-0.4, -0.2) is 16.1 Å². The molecule has 0 aliphatic carbocycles. The third kappa shape index (κ3) is 2.02. The molecule has 0 spiro atoms. The molecule has 1 heterocycles. The zero-order valence-electron chi connectivity index (χ0n) is 8.52. The lowest BCUT2D eigenvalue weighted by Crippen LogP contribution is -2.03. The predicted molar refractivity (Wildman–Crippen MR) is 65.9 cm³/mol. The standard InChI is InChI=1S/C12H10ClN3/c1-2-6-15-11-5-3-4-10(13)12(11)16-8-7-14-9-16/h1,3-5,7-9,15H,6H2. The van der Waals surface area contributed by atoms with Crippen molar-refractivity contribution in [1.82, 2.24) is 9.55 Å². The molecular formula is C12H10ClN3. The fourth-order valence-corrected chi connectivity index (χ4v) is 1.73. The van der Waals surface area contributed by atoms with E-state index in [9.17, 15) is 0 Å². The van der Waals surface area contributed by atoms with E-state index in [1.165, 1.54) is 0 Å². The smallest absolute Gasteiger partial charge is 0.0992 e. The van der Waals surface area contributed by atoms with E-state index in [1.54, 1.807) is 12.5 Å². The summed E-state index contributed by atoms with van der Waals surface area (Å²) in [5.41, 5.74) is 1.75. The van der Waals surface area contributed by atoms with Gasteiger partial charge < -0.3 is 9.88 Å². The molecule has 1 aromatic carbocycles. The summed E-state index contributed by atoms with van der Waals surface area (Å²) in [6.07, 6.45) is 10.5. The SMILES string of the molecule is C#CCNc1cccc(Cl)c1-n1ccnc1. The first-order chi connectivity index (χ1) is 7.83. The highest BCUT2D eigenvalue weighted by Gasteiger charge is 2.07. The van der Waals surface area contributed by atoms with E-state index < -0.39 is 0 Å². The number of anilines is 1. The fraction of sp³-hybridized carbons (Fsp3) is 0.0833. The second kappa shape index (κ2) is 4.73. The Labute approximate surface area is 99.1 Å². The van der Waals surface area contributed by atoms with Crippen LogP contribution in [0.1, 0.15) is 0 Å². The molecule has 0 saturated heterocycles. The van der Waals surface area contributed by atoms with Crippen LogP contribution in [0.2, 0.25) is 5.02 Å². The molecule has 0 radical (unpaired) electrons. The van der Waals surface area contributed by atoms with Crippen molar-refractivity contribution in [3.05, 3.63) is 41.9 Å². The van der Waals surface area contributed by atoms with Crippen LogP contribution in [0.4, 0.5) is 5.69 Å². The van der Waals surface area contributed by atoms with Gasteiger partial charge in [-0.2, -0.15) is 0 Å². The van der Waals surface area contributed by atoms with E-state index in [0.29, 0.717) is 11.6 Å². The lowest BCUT2D eigenvalue weighted by molar-refractivity contribution is 1.05. The van der Waals surface area contributed by atoms with Gasteiger partial charge in [0.15, 0.2) is 0 Å². The van der Waals surface area contributed by atoms with Gasteiger partial charge >= 0.3 is 0 Å². The summed E-state index contributed by atoms with van der Waals surface area (Å²) >= 11 is 6.16. The molecule has 0 atom stereocenters. The number of terminal acetylenes is 1. The Hall–Kier alpha value is -1.92. The molecule has 16 heavy (non-hydrogen) atoms. The van der Waals surface area contributed by atoms with E-state index in [0.717, 1.165) is 11.4 Å². The van der Waals surface area contributed by atoms with Gasteiger partial charge in [-0.15, -0.1) is 6.42 Å². The van der Waals surface area contributed by atoms with Crippen LogP contribution in [0.3, 0.4) is 0 Å². The van der Waals surface area contributed by atoms with Gasteiger partial charge in [0.2, 0.25) is 0 Å². The van der Waals surface area contributed by atoms with E-state index >= 15 is 0 Å². The molecule has 1 aromatic heterocycles. The zero-order chi connectivity index (χ0) is 11.4. The summed E-state index contributed by atoms with van der Waals surface area (Å²) in [5.74, 6) is 2.53. The highest BCUT2D eigenvalue weighted by molar-refractivity contribution is 6.33. The number of rotatable bonds is 3. The number of hydrogen-bond acceptors (Lipinski definition) is 2. The van der Waals surface area contributed by atoms with E-state index in [2.05, 4.69) is 16.2 Å². The van der Waals surface area contributed by atoms with Gasteiger partial charge in [-0.1, -0.05) is 23.6 Å². The van der Waals surface area contributed by atoms with E-state index in [1.807, 2.05) is 29.0 Å². The minimum atomic E-state index is 0.460. The molecule has 0 amide bonds. The van der Waals surface area contributed by atoms with Crippen molar-refractivity contribution in [2.75, 3.05) is 11.9 Å². The average molecular weight is 232 g/mol. The highest BCUT2D eigenvalue weighted by atomic mass is 35.5. The first-order valence-corrected chi connectivity index (χ1v) is 5.15. The lowest BCUT2D eigenvalue weighted by Gasteiger charge is -2.12. The summed E-state index contributed by atoms with van der Waals surface area (Å²) in [6.45, 7) is 0.460. The maximum atomic E-state index is 6.16. The Bertz CT molecular complexity index is 512. The maximum absolute atomic E-state index is 6.16. The number of nitrogens with one attached hydrogen (secondary N) is 1. The number of nitrogens with zero attached hydrogens (tertiary/aromatic N) is 2. The largest absolute Gasteiger partial charge is 0.372 e. The fourth-order valence-electron chi connectivity index (χ4n) is 1.46. The molecule has 0 bridgehead atoms. The van der Waals surface area contributed by atoms with E-state index in [4.69, 9.17) is 18.0 Å². The van der Waals surface area contributed by atoms with Crippen LogP contribution >= 0.6 is 11.6 Å². The van der Waals surface area contributed by atoms with Gasteiger partial charge in [-0.25, -0.2) is 4.98 Å². The summed E-state index contributed by atoms with van der Waals surface area (Å²) in [4.78, 5) is 4.00. The molecule has 0 saturated carbocycles. The van der Waals surface area contributed by atoms with Crippen molar-refractivity contribution in [3.8, 4) is 18.0 Å². The van der Waals surface area contributed by atoms with Crippen LogP contribution in [0.15, 0.2) is 36.9 Å². The molecule has 0 aliphatic rings. The Kier molecular flexibility index (Phi) is 3.13. The second-order valence-electron chi connectivity index (χ2n) is 3.16. The van der Waals surface area contributed by atoms with Gasteiger partial charge in [0.05, 0.1) is 29.3 Å². The van der Waals surface area contributed by atoms with Crippen molar-refractivity contribution >= 4 is 17.3 Å². The molecule has 80 valence electrons. The minimum absolute atomic E-state index is 0.460. The van der Waals surface area contributed by atoms with Crippen LogP contribution in [0.25, 0.3) is 5.69 Å². The molecule has 0 aliphatic heterocycles. The number of halogens is 1. The molecular weight excluding hydrogens is 222 g/mol. The topological polar surface area (TPSA) is 29.9 Å². The first kappa shape index (κ1) is 10.6. The normalized spacial score (nSPS) is 9.75. The number of imidazole rings is 1. The number of benzene rings is 1. The van der Waals surface area contributed by atoms with Gasteiger partial charge in [-0.05, 0) is 12.1 Å². The number of para-hydroxylation sites is 1. The Morgan fingerprint density at radius 3 is 3.06 bits per heavy atom. The minimum Gasteiger partial charge on any atom is -0.372 e. The van der Waals surface area contributed by atoms with Crippen molar-refractivity contribution in [2.24, 2.45) is 0 Å². The molecule has 2 rings (SSSR count). The van der Waals surface area contributed by atoms with Gasteiger partial charge in [0.25, 0.3) is 0 Å². The van der Waals surface area contributed by atoms with Gasteiger partial charge in [0.1, 0.15) is 0 Å². The molecule has 1 N–H and O–H groups in total. The third-order valence-corrected chi connectivity index (χ3v) is 2.44. The summed E-state index contributed by atoms with van der Waals surface area (Å²) in [5, 5.41) is 3.78. The quantitative estimate of drug-likeness (QED) is 0.823. The first-order valence-electron chi connectivity index (χ1n) is 4.77. The van der Waals surface area contributed by atoms with E-state index in [-0.39, 0.29) is 0 Å². The molecule has 0 fully saturated rings. The van der Waals surface area contributed by atoms with Crippen molar-refractivity contribution in [3.63, 3.8) is 0 Å². The zero-order valence-corrected chi connectivity index (χ0v) is 9.28. The third-order valence-electron chi connectivity index (χ3n) is 2.13. The summed E-state index contributed by atoms with van der Waals surface area (Å²) in [7, 11) is 0. The van der Waals surface area contributed by atoms with Crippen molar-refractivity contribution < 1.29 is 0 Å². The maximum Gasteiger partial charge on any atom is 0.0992 e. The number of aromatic nitrogens is 2. The summed E-state index contributed by atoms with van der Waals surface area (Å²) < 4.78 is 1.85. The lowest BCUT2D eigenvalue weighted by atomic mass is 10.2. The molecule has 3 nitrogen and oxygen atoms in total. The molecule has 0 unspecified atom stereocenters. The van der Waals surface area contributed by atoms with Crippen LogP contribution in [-0.2, 0) is 0 Å². The van der Waals surface area contributed by atoms with Crippen molar-refractivity contribution in [2.45, 2.75) is 0 Å². The Morgan fingerprint density at radius 1 is 1.50 bits per heavy atom. The van der Waals surface area contributed by atoms with Crippen molar-refractivity contribution in [1.29, 1.82) is 0 Å². The Balaban J connectivity index is 2.46. The Morgan fingerprint density at radius 2 is 2.38 bits per heavy atom. The van der Waals surface area contributed by atoms with Gasteiger partial charge in [-0.3, -0.25) is 0 Å². The molecule has 2 aromatic rings.